The molecular formula is C34H47N7O8S. The molecule has 50 heavy (non-hydrogen) atoms. The molecule has 4 rings (SSSR count). The van der Waals surface area contributed by atoms with Crippen molar-refractivity contribution in [2.24, 2.45) is 22.4 Å². The molecule has 1 heterocycles. The number of likely N-dealkylation sites (N-methyl/N-ethyl adjacent to an activating group) is 1. The Morgan fingerprint density at radius 1 is 0.960 bits per heavy atom. The number of carbonyl (C=O) groups excluding carboxylic acids is 4. The largest absolute Gasteiger partial charge is 0.454 e. The summed E-state index contributed by atoms with van der Waals surface area (Å²) in [6, 6.07) is 11.4. The fourth-order valence-corrected chi connectivity index (χ4v) is 7.42. The summed E-state index contributed by atoms with van der Waals surface area (Å²) in [5.41, 5.74) is 12.0. The molecule has 1 fully saturated rings. The molecule has 1 aliphatic carbocycles. The molecule has 2 aliphatic rings. The Morgan fingerprint density at radius 3 is 2.40 bits per heavy atom. The van der Waals surface area contributed by atoms with Crippen LogP contribution in [-0.4, -0.2) is 81.8 Å². The number of rotatable bonds is 18. The molecule has 0 bridgehead atoms. The first-order valence-electron chi connectivity index (χ1n) is 16.7. The minimum Gasteiger partial charge on any atom is -0.454 e. The molecule has 1 aliphatic heterocycles. The molecule has 2 atom stereocenters. The van der Waals surface area contributed by atoms with Gasteiger partial charge in [-0.15, -0.1) is 0 Å². The molecule has 0 unspecified atom stereocenters. The minimum atomic E-state index is -3.96. The maximum Gasteiger partial charge on any atom is 0.289 e. The van der Waals surface area contributed by atoms with Gasteiger partial charge in [-0.2, -0.15) is 0 Å². The number of ketones is 1. The van der Waals surface area contributed by atoms with Crippen LogP contribution in [-0.2, 0) is 41.5 Å². The first-order valence-corrected chi connectivity index (χ1v) is 18.4. The normalized spacial score (nSPS) is 15.4. The number of nitrogens with zero attached hydrogens (tertiary/aromatic N) is 2. The monoisotopic (exact) mass is 713 g/mol. The molecule has 1 saturated carbocycles. The van der Waals surface area contributed by atoms with Crippen molar-refractivity contribution in [2.75, 3.05) is 26.9 Å². The number of guanidine groups is 1. The van der Waals surface area contributed by atoms with Gasteiger partial charge in [0.05, 0.1) is 18.3 Å². The van der Waals surface area contributed by atoms with Gasteiger partial charge in [0.15, 0.2) is 17.5 Å². The number of benzene rings is 2. The summed E-state index contributed by atoms with van der Waals surface area (Å²) < 4.78 is 39.3. The van der Waals surface area contributed by atoms with Crippen molar-refractivity contribution < 1.29 is 37.1 Å². The van der Waals surface area contributed by atoms with Crippen molar-refractivity contribution in [1.29, 1.82) is 0 Å². The van der Waals surface area contributed by atoms with Crippen LogP contribution in [0.1, 0.15) is 62.5 Å². The number of aliphatic imine (C=N–C) groups is 1. The SMILES string of the molecule is CN(CC(=O)N[C@@H](CC1CCCCC1)C(=O)C(=O)NCc1ccc2c(c1)OCO2)C(=O)[C@@H](CCCN=C(N)N)NS(=O)(=O)Cc1ccccc1. The molecule has 0 aromatic heterocycles. The molecule has 0 spiro atoms. The van der Waals surface area contributed by atoms with Crippen LogP contribution in [0.4, 0.5) is 0 Å². The van der Waals surface area contributed by atoms with Crippen LogP contribution in [0.3, 0.4) is 0 Å². The topological polar surface area (TPSA) is 225 Å². The zero-order valence-corrected chi connectivity index (χ0v) is 29.1. The van der Waals surface area contributed by atoms with E-state index >= 15 is 0 Å². The zero-order valence-electron chi connectivity index (χ0n) is 28.3. The molecule has 16 heteroatoms. The number of Topliss-reactive ketones (excluding diaryl/α,β-unsaturated/α-hetero) is 1. The van der Waals surface area contributed by atoms with Crippen molar-refractivity contribution in [3.8, 4) is 11.5 Å². The van der Waals surface area contributed by atoms with Gasteiger partial charge < -0.3 is 36.5 Å². The second kappa shape index (κ2) is 18.3. The van der Waals surface area contributed by atoms with E-state index < -0.39 is 52.2 Å². The number of fused-ring (bicyclic) bond motifs is 1. The van der Waals surface area contributed by atoms with Crippen molar-refractivity contribution in [3.63, 3.8) is 0 Å². The van der Waals surface area contributed by atoms with Gasteiger partial charge in [0.25, 0.3) is 5.91 Å². The summed E-state index contributed by atoms with van der Waals surface area (Å²) in [6.07, 6.45) is 5.46. The van der Waals surface area contributed by atoms with Crippen LogP contribution in [0.15, 0.2) is 53.5 Å². The number of hydrogen-bond acceptors (Lipinski definition) is 9. The van der Waals surface area contributed by atoms with Crippen molar-refractivity contribution >= 4 is 39.5 Å². The first kappa shape index (κ1) is 38.1. The highest BCUT2D eigenvalue weighted by molar-refractivity contribution is 7.88. The molecule has 0 saturated heterocycles. The van der Waals surface area contributed by atoms with Crippen LogP contribution in [0, 0.1) is 5.92 Å². The number of hydrogen-bond donors (Lipinski definition) is 5. The summed E-state index contributed by atoms with van der Waals surface area (Å²) >= 11 is 0. The Labute approximate surface area is 292 Å². The molecular weight excluding hydrogens is 666 g/mol. The third-order valence-electron chi connectivity index (χ3n) is 8.58. The minimum absolute atomic E-state index is 0.0575. The Morgan fingerprint density at radius 2 is 1.68 bits per heavy atom. The standard InChI is InChI=1S/C34H47N7O8S/c1-41(33(45)26(13-8-16-37-34(35)36)40-50(46,47)21-24-11-6-3-7-12-24)20-30(42)39-27(17-23-9-4-2-5-10-23)31(43)32(44)38-19-25-14-15-28-29(18-25)49-22-48-28/h3,6-7,11-12,14-15,18,23,26-27,40H,2,4-5,8-10,13,16-17,19-22H2,1H3,(H,38,44)(H,39,42)(H4,35,36,37)/t26-,27+/m1/s1. The third kappa shape index (κ3) is 12.0. The maximum absolute atomic E-state index is 13.6. The fraction of sp³-hybridized carbons (Fsp3) is 0.500. The average molecular weight is 714 g/mol. The van der Waals surface area contributed by atoms with E-state index in [1.54, 1.807) is 48.5 Å². The summed E-state index contributed by atoms with van der Waals surface area (Å²) in [5.74, 6) is -2.15. The highest BCUT2D eigenvalue weighted by Crippen LogP contribution is 2.32. The van der Waals surface area contributed by atoms with E-state index in [0.29, 0.717) is 22.6 Å². The van der Waals surface area contributed by atoms with Crippen molar-refractivity contribution in [1.82, 2.24) is 20.3 Å². The molecule has 3 amide bonds. The highest BCUT2D eigenvalue weighted by Gasteiger charge is 2.32. The lowest BCUT2D eigenvalue weighted by Gasteiger charge is -2.28. The lowest BCUT2D eigenvalue weighted by atomic mass is 9.84. The van der Waals surface area contributed by atoms with E-state index in [1.807, 2.05) is 0 Å². The Kier molecular flexibility index (Phi) is 14.0. The molecule has 7 N–H and O–H groups in total. The van der Waals surface area contributed by atoms with Crippen LogP contribution < -0.4 is 36.3 Å². The lowest BCUT2D eigenvalue weighted by Crippen LogP contribution is -2.53. The second-order valence-electron chi connectivity index (χ2n) is 12.7. The first-order chi connectivity index (χ1) is 23.9. The van der Waals surface area contributed by atoms with Gasteiger partial charge in [-0.05, 0) is 48.4 Å². The van der Waals surface area contributed by atoms with E-state index in [4.69, 9.17) is 20.9 Å². The quantitative estimate of drug-likeness (QED) is 0.0639. The number of ether oxygens (including phenoxy) is 2. The fourth-order valence-electron chi connectivity index (χ4n) is 6.05. The van der Waals surface area contributed by atoms with E-state index in [1.165, 1.54) is 7.05 Å². The van der Waals surface area contributed by atoms with Crippen LogP contribution in [0.25, 0.3) is 0 Å². The van der Waals surface area contributed by atoms with Gasteiger partial charge >= 0.3 is 0 Å². The molecule has 15 nitrogen and oxygen atoms in total. The summed E-state index contributed by atoms with van der Waals surface area (Å²) in [6.45, 7) is -0.139. The van der Waals surface area contributed by atoms with Gasteiger partial charge in [-0.3, -0.25) is 24.2 Å². The summed E-state index contributed by atoms with van der Waals surface area (Å²) in [4.78, 5) is 58.3. The predicted octanol–water partition coefficient (Wildman–Crippen LogP) is 1.06. The number of nitrogens with one attached hydrogen (secondary N) is 3. The number of carbonyl (C=O) groups is 4. The van der Waals surface area contributed by atoms with E-state index in [0.717, 1.165) is 37.0 Å². The van der Waals surface area contributed by atoms with Gasteiger partial charge in [-0.1, -0.05) is 68.5 Å². The Hall–Kier alpha value is -4.70. The zero-order chi connectivity index (χ0) is 36.1. The number of nitrogens with two attached hydrogens (primary N) is 2. The van der Waals surface area contributed by atoms with Crippen LogP contribution in [0.2, 0.25) is 0 Å². The third-order valence-corrected chi connectivity index (χ3v) is 9.94. The Balaban J connectivity index is 1.40. The molecule has 2 aromatic rings. The summed E-state index contributed by atoms with van der Waals surface area (Å²) in [5, 5.41) is 5.32. The van der Waals surface area contributed by atoms with E-state index in [9.17, 15) is 27.6 Å². The van der Waals surface area contributed by atoms with Crippen molar-refractivity contribution in [3.05, 3.63) is 59.7 Å². The number of amides is 3. The van der Waals surface area contributed by atoms with E-state index in [2.05, 4.69) is 20.3 Å². The van der Waals surface area contributed by atoms with Gasteiger partial charge in [0, 0.05) is 20.1 Å². The van der Waals surface area contributed by atoms with Gasteiger partial charge in [0.2, 0.25) is 34.4 Å². The van der Waals surface area contributed by atoms with E-state index in [-0.39, 0.29) is 56.8 Å². The average Bonchev–Trinajstić information content (AvgIpc) is 3.56. The van der Waals surface area contributed by atoms with Crippen LogP contribution in [0.5, 0.6) is 11.5 Å². The molecule has 0 radical (unpaired) electrons. The maximum atomic E-state index is 13.6. The van der Waals surface area contributed by atoms with Crippen molar-refractivity contribution in [2.45, 2.75) is 75.7 Å². The highest BCUT2D eigenvalue weighted by atomic mass is 32.2. The lowest BCUT2D eigenvalue weighted by molar-refractivity contribution is -0.141. The van der Waals surface area contributed by atoms with Gasteiger partial charge in [0.1, 0.15) is 6.04 Å². The molecule has 272 valence electrons. The second-order valence-corrected chi connectivity index (χ2v) is 14.4. The molecule has 2 aromatic carbocycles. The smallest absolute Gasteiger partial charge is 0.289 e. The number of sulfonamides is 1. The predicted molar refractivity (Wildman–Crippen MR) is 186 cm³/mol. The summed E-state index contributed by atoms with van der Waals surface area (Å²) in [7, 11) is -2.60. The Bertz CT molecular complexity index is 1630. The van der Waals surface area contributed by atoms with Crippen LogP contribution >= 0.6 is 0 Å². The van der Waals surface area contributed by atoms with Gasteiger partial charge in [-0.25, -0.2) is 13.1 Å².